The van der Waals surface area contributed by atoms with Gasteiger partial charge in [-0.15, -0.1) is 0 Å². The Hall–Kier alpha value is -2.58. The lowest BCUT2D eigenvalue weighted by atomic mass is 9.95. The highest BCUT2D eigenvalue weighted by Gasteiger charge is 2.44. The summed E-state index contributed by atoms with van der Waals surface area (Å²) in [5.74, 6) is -1.56. The standard InChI is InChI=1S/C25H26Cl2N2O5/c1-33-20-8-5-17(15-19(20)27)23(30)21-22(16-3-6-18(26)7-4-16)29(25(32)24(21)31)10-2-9-28-11-13-34-14-12-28/h3-8,15,22,30H,2,9-14H2,1H3. The number of likely N-dealkylation sites (tertiary alicyclic amines) is 1. The summed E-state index contributed by atoms with van der Waals surface area (Å²) in [7, 11) is 1.48. The van der Waals surface area contributed by atoms with Crippen LogP contribution >= 0.6 is 23.2 Å². The van der Waals surface area contributed by atoms with Crippen molar-refractivity contribution in [2.45, 2.75) is 12.5 Å². The second-order valence-electron chi connectivity index (χ2n) is 8.34. The molecule has 2 aliphatic heterocycles. The maximum atomic E-state index is 13.5. The van der Waals surface area contributed by atoms with Crippen molar-refractivity contribution < 1.29 is 29.1 Å². The molecule has 2 fully saturated rings. The van der Waals surface area contributed by atoms with E-state index in [-0.39, 0.29) is 16.2 Å². The Bertz CT molecular complexity index is 1100. The third-order valence-electron chi connectivity index (χ3n) is 6.26. The molecule has 1 N–H and O–H groups in total. The zero-order chi connectivity index (χ0) is 24.2. The molecule has 1 unspecified atom stereocenters. The predicted octanol–water partition coefficient (Wildman–Crippen LogP) is 1.53. The highest BCUT2D eigenvalue weighted by atomic mass is 35.5. The van der Waals surface area contributed by atoms with E-state index >= 15 is 0 Å². The van der Waals surface area contributed by atoms with E-state index in [1.165, 1.54) is 23.0 Å². The number of ether oxygens (including phenoxy) is 2. The van der Waals surface area contributed by atoms with Crippen molar-refractivity contribution in [3.05, 3.63) is 69.2 Å². The van der Waals surface area contributed by atoms with E-state index in [0.29, 0.717) is 29.3 Å². The Labute approximate surface area is 208 Å². The summed E-state index contributed by atoms with van der Waals surface area (Å²) in [4.78, 5) is 29.1. The summed E-state index contributed by atoms with van der Waals surface area (Å²) in [5.41, 5.74) is 0.804. The van der Waals surface area contributed by atoms with Crippen LogP contribution in [0.1, 0.15) is 23.6 Å². The van der Waals surface area contributed by atoms with Crippen LogP contribution in [0.3, 0.4) is 0 Å². The van der Waals surface area contributed by atoms with Crippen molar-refractivity contribution in [2.75, 3.05) is 46.5 Å². The van der Waals surface area contributed by atoms with E-state index in [1.54, 1.807) is 36.4 Å². The normalized spacial score (nSPS) is 20.7. The Morgan fingerprint density at radius 1 is 1.15 bits per heavy atom. The monoisotopic (exact) mass is 504 g/mol. The summed E-state index contributed by atoms with van der Waals surface area (Å²) in [6.07, 6.45) is 0.703. The first-order chi connectivity index (χ1) is 16.4. The van der Waals surface area contributed by atoms with Gasteiger partial charge in [-0.3, -0.25) is 9.59 Å². The SMILES string of the molecule is COc1ccc(C([O-])=C2C(=O)C(=O)N(CCC[NH+]3CCOCC3)C2c2ccc(Cl)cc2)cc1Cl. The number of nitrogens with one attached hydrogen (secondary N) is 1. The fraction of sp³-hybridized carbons (Fsp3) is 0.360. The molecule has 2 heterocycles. The molecule has 1 amide bonds. The number of morpholine rings is 1. The molecule has 0 bridgehead atoms. The minimum absolute atomic E-state index is 0.0766. The quantitative estimate of drug-likeness (QED) is 0.351. The van der Waals surface area contributed by atoms with Crippen molar-refractivity contribution in [2.24, 2.45) is 0 Å². The van der Waals surface area contributed by atoms with Crippen LogP contribution in [-0.4, -0.2) is 63.1 Å². The fourth-order valence-electron chi connectivity index (χ4n) is 4.47. The third-order valence-corrected chi connectivity index (χ3v) is 6.81. The van der Waals surface area contributed by atoms with E-state index in [1.807, 2.05) is 0 Å². The number of benzene rings is 2. The number of hydrogen-bond donors (Lipinski definition) is 1. The van der Waals surface area contributed by atoms with Crippen molar-refractivity contribution in [1.82, 2.24) is 4.90 Å². The maximum absolute atomic E-state index is 13.5. The summed E-state index contributed by atoms with van der Waals surface area (Å²) in [5, 5.41) is 14.3. The van der Waals surface area contributed by atoms with Gasteiger partial charge in [-0.05, 0) is 35.4 Å². The molecule has 0 radical (unpaired) electrons. The van der Waals surface area contributed by atoms with Crippen LogP contribution in [-0.2, 0) is 14.3 Å². The number of amides is 1. The van der Waals surface area contributed by atoms with Gasteiger partial charge < -0.3 is 24.4 Å². The van der Waals surface area contributed by atoms with Crippen LogP contribution in [0.5, 0.6) is 5.75 Å². The Kier molecular flexibility index (Phi) is 7.78. The lowest BCUT2D eigenvalue weighted by Crippen LogP contribution is -3.14. The van der Waals surface area contributed by atoms with Gasteiger partial charge in [0.1, 0.15) is 18.8 Å². The molecule has 0 aromatic heterocycles. The molecule has 0 saturated carbocycles. The van der Waals surface area contributed by atoms with E-state index in [0.717, 1.165) is 32.8 Å². The zero-order valence-corrected chi connectivity index (χ0v) is 20.3. The van der Waals surface area contributed by atoms with Crippen LogP contribution in [0.4, 0.5) is 0 Å². The van der Waals surface area contributed by atoms with Gasteiger partial charge in [0.2, 0.25) is 5.78 Å². The number of ketones is 1. The van der Waals surface area contributed by atoms with E-state index < -0.39 is 23.5 Å². The van der Waals surface area contributed by atoms with Gasteiger partial charge in [0.25, 0.3) is 5.91 Å². The number of hydrogen-bond acceptors (Lipinski definition) is 5. The molecule has 2 saturated heterocycles. The molecule has 7 nitrogen and oxygen atoms in total. The van der Waals surface area contributed by atoms with Gasteiger partial charge in [0.05, 0.1) is 37.9 Å². The average Bonchev–Trinajstić information content (AvgIpc) is 3.09. The largest absolute Gasteiger partial charge is 0.872 e. The van der Waals surface area contributed by atoms with Crippen LogP contribution in [0, 0.1) is 0 Å². The zero-order valence-electron chi connectivity index (χ0n) is 18.8. The summed E-state index contributed by atoms with van der Waals surface area (Å²) >= 11 is 12.3. The second kappa shape index (κ2) is 10.8. The second-order valence-corrected chi connectivity index (χ2v) is 9.18. The first kappa shape index (κ1) is 24.5. The van der Waals surface area contributed by atoms with E-state index in [4.69, 9.17) is 32.7 Å². The lowest BCUT2D eigenvalue weighted by Gasteiger charge is -2.29. The van der Waals surface area contributed by atoms with Crippen molar-refractivity contribution in [3.63, 3.8) is 0 Å². The Morgan fingerprint density at radius 3 is 2.50 bits per heavy atom. The number of quaternary nitrogens is 1. The summed E-state index contributed by atoms with van der Waals surface area (Å²) < 4.78 is 10.6. The Morgan fingerprint density at radius 2 is 1.85 bits per heavy atom. The molecule has 34 heavy (non-hydrogen) atoms. The van der Waals surface area contributed by atoms with E-state index in [2.05, 4.69) is 0 Å². The predicted molar refractivity (Wildman–Crippen MR) is 127 cm³/mol. The molecular formula is C25H26Cl2N2O5. The Balaban J connectivity index is 1.68. The van der Waals surface area contributed by atoms with Crippen LogP contribution < -0.4 is 14.7 Å². The average molecular weight is 505 g/mol. The summed E-state index contributed by atoms with van der Waals surface area (Å²) in [6, 6.07) is 10.6. The van der Waals surface area contributed by atoms with Crippen LogP contribution in [0.2, 0.25) is 10.0 Å². The van der Waals surface area contributed by atoms with Gasteiger partial charge in [0.15, 0.2) is 0 Å². The number of Topliss-reactive ketones (excluding diaryl/α,β-unsaturated/α-hetero) is 1. The number of carbonyl (C=O) groups is 2. The molecular weight excluding hydrogens is 479 g/mol. The highest BCUT2D eigenvalue weighted by Crippen LogP contribution is 2.39. The van der Waals surface area contributed by atoms with Crippen LogP contribution in [0.25, 0.3) is 5.76 Å². The molecule has 2 aliphatic rings. The molecule has 180 valence electrons. The van der Waals surface area contributed by atoms with Crippen molar-refractivity contribution >= 4 is 40.7 Å². The molecule has 4 rings (SSSR count). The maximum Gasteiger partial charge on any atom is 0.295 e. The van der Waals surface area contributed by atoms with Crippen LogP contribution in [0.15, 0.2) is 48.0 Å². The highest BCUT2D eigenvalue weighted by molar-refractivity contribution is 6.46. The fourth-order valence-corrected chi connectivity index (χ4v) is 4.85. The third kappa shape index (κ3) is 5.08. The van der Waals surface area contributed by atoms with Gasteiger partial charge >= 0.3 is 0 Å². The van der Waals surface area contributed by atoms with E-state index in [9.17, 15) is 14.7 Å². The van der Waals surface area contributed by atoms with Gasteiger partial charge in [-0.25, -0.2) is 0 Å². The van der Waals surface area contributed by atoms with Gasteiger partial charge in [-0.1, -0.05) is 47.2 Å². The minimum atomic E-state index is -0.787. The summed E-state index contributed by atoms with van der Waals surface area (Å²) in [6.45, 7) is 4.50. The first-order valence-corrected chi connectivity index (χ1v) is 11.9. The molecule has 0 aliphatic carbocycles. The van der Waals surface area contributed by atoms with Gasteiger partial charge in [0, 0.05) is 23.6 Å². The molecule has 0 spiro atoms. The number of methoxy groups -OCH3 is 1. The topological polar surface area (TPSA) is 83.3 Å². The van der Waals surface area contributed by atoms with Crippen molar-refractivity contribution in [1.29, 1.82) is 0 Å². The molecule has 1 atom stereocenters. The smallest absolute Gasteiger partial charge is 0.295 e. The first-order valence-electron chi connectivity index (χ1n) is 11.2. The lowest BCUT2D eigenvalue weighted by molar-refractivity contribution is -0.908. The number of halogens is 2. The number of rotatable bonds is 7. The van der Waals surface area contributed by atoms with Crippen molar-refractivity contribution in [3.8, 4) is 5.75 Å². The number of carbonyl (C=O) groups excluding carboxylic acids is 2. The molecule has 2 aromatic rings. The minimum Gasteiger partial charge on any atom is -0.872 e. The molecule has 9 heteroatoms. The van der Waals surface area contributed by atoms with Gasteiger partial charge in [-0.2, -0.15) is 0 Å². The molecule has 2 aromatic carbocycles. The number of nitrogens with zero attached hydrogens (tertiary/aromatic N) is 1.